The van der Waals surface area contributed by atoms with Crippen molar-refractivity contribution < 1.29 is 19.8 Å². The molecule has 1 aromatic rings. The number of nitrogens with zero attached hydrogens (tertiary/aromatic N) is 3. The number of amides is 1. The number of thioether (sulfide) groups is 2. The standard InChI is InChI=1S/C11H14N4O4S3/c12-6-7(17)15-2-11(9(18)19,3-20-8(6)15)4-21-10-14-13-5(1-16)22-10/h6,8,16H,1-4,12H2,(H,18,19)/t6?,8-,11?/m1/s1. The van der Waals surface area contributed by atoms with Crippen molar-refractivity contribution >= 4 is 46.7 Å². The van der Waals surface area contributed by atoms with E-state index >= 15 is 0 Å². The maximum Gasteiger partial charge on any atom is 0.313 e. The molecule has 8 nitrogen and oxygen atoms in total. The van der Waals surface area contributed by atoms with Crippen LogP contribution < -0.4 is 5.73 Å². The van der Waals surface area contributed by atoms with E-state index in [2.05, 4.69) is 10.2 Å². The van der Waals surface area contributed by atoms with Gasteiger partial charge in [-0.05, 0) is 0 Å². The van der Waals surface area contributed by atoms with Crippen LogP contribution in [0.4, 0.5) is 0 Å². The number of nitrogens with two attached hydrogens (primary N) is 1. The van der Waals surface area contributed by atoms with Gasteiger partial charge in [0.1, 0.15) is 21.8 Å². The molecule has 1 aromatic heterocycles. The Hall–Kier alpha value is -0.880. The van der Waals surface area contributed by atoms with Gasteiger partial charge in [-0.1, -0.05) is 23.1 Å². The molecule has 2 unspecified atom stereocenters. The van der Waals surface area contributed by atoms with Crippen LogP contribution in [-0.4, -0.2) is 66.7 Å². The van der Waals surface area contributed by atoms with Gasteiger partial charge in [0.2, 0.25) is 5.91 Å². The van der Waals surface area contributed by atoms with Crippen molar-refractivity contribution in [2.24, 2.45) is 11.1 Å². The molecular formula is C11H14N4O4S3. The summed E-state index contributed by atoms with van der Waals surface area (Å²) in [5.74, 6) is -0.415. The average molecular weight is 362 g/mol. The molecular weight excluding hydrogens is 348 g/mol. The molecule has 0 aromatic carbocycles. The van der Waals surface area contributed by atoms with Crippen molar-refractivity contribution in [3.8, 4) is 0 Å². The molecule has 0 aliphatic carbocycles. The lowest BCUT2D eigenvalue weighted by Gasteiger charge is -2.52. The molecule has 11 heteroatoms. The number of hydrogen-bond acceptors (Lipinski definition) is 9. The highest BCUT2D eigenvalue weighted by molar-refractivity contribution is 8.01. The van der Waals surface area contributed by atoms with Crippen LogP contribution in [0.5, 0.6) is 0 Å². The monoisotopic (exact) mass is 362 g/mol. The molecule has 0 bridgehead atoms. The van der Waals surface area contributed by atoms with E-state index in [-0.39, 0.29) is 24.4 Å². The molecule has 2 aliphatic rings. The molecule has 120 valence electrons. The van der Waals surface area contributed by atoms with Gasteiger partial charge in [-0.15, -0.1) is 22.0 Å². The zero-order valence-electron chi connectivity index (χ0n) is 11.3. The molecule has 2 saturated heterocycles. The number of carbonyl (C=O) groups is 2. The second-order valence-corrected chi connectivity index (χ2v) is 8.58. The molecule has 22 heavy (non-hydrogen) atoms. The average Bonchev–Trinajstić information content (AvgIpc) is 2.99. The maximum atomic E-state index is 11.8. The maximum absolute atomic E-state index is 11.8. The molecule has 0 spiro atoms. The minimum absolute atomic E-state index is 0.104. The Kier molecular flexibility index (Phi) is 4.34. The van der Waals surface area contributed by atoms with Gasteiger partial charge in [-0.2, -0.15) is 0 Å². The summed E-state index contributed by atoms with van der Waals surface area (Å²) < 4.78 is 0.614. The summed E-state index contributed by atoms with van der Waals surface area (Å²) in [4.78, 5) is 25.1. The summed E-state index contributed by atoms with van der Waals surface area (Å²) in [6, 6.07) is -0.514. The van der Waals surface area contributed by atoms with E-state index in [1.54, 1.807) is 4.90 Å². The quantitative estimate of drug-likeness (QED) is 0.466. The second kappa shape index (κ2) is 5.96. The summed E-state index contributed by atoms with van der Waals surface area (Å²) in [5.41, 5.74) is 4.70. The number of aromatic nitrogens is 2. The van der Waals surface area contributed by atoms with E-state index in [1.165, 1.54) is 34.9 Å². The zero-order valence-corrected chi connectivity index (χ0v) is 13.8. The molecule has 3 atom stereocenters. The number of β-lactam (4-membered cyclic amide) rings is 1. The van der Waals surface area contributed by atoms with Crippen molar-refractivity contribution in [3.63, 3.8) is 0 Å². The van der Waals surface area contributed by atoms with E-state index in [9.17, 15) is 14.7 Å². The summed E-state index contributed by atoms with van der Waals surface area (Å²) in [5, 5.41) is 26.7. The van der Waals surface area contributed by atoms with Crippen LogP contribution in [0.1, 0.15) is 5.01 Å². The first-order valence-corrected chi connectivity index (χ1v) is 9.29. The van der Waals surface area contributed by atoms with Gasteiger partial charge >= 0.3 is 5.97 Å². The first-order valence-electron chi connectivity index (χ1n) is 6.44. The van der Waals surface area contributed by atoms with Gasteiger partial charge < -0.3 is 20.8 Å². The zero-order chi connectivity index (χ0) is 15.9. The third-order valence-electron chi connectivity index (χ3n) is 3.70. The number of fused-ring (bicyclic) bond motifs is 1. The summed E-state index contributed by atoms with van der Waals surface area (Å²) in [6.45, 7) is -0.00874. The molecule has 4 N–H and O–H groups in total. The smallest absolute Gasteiger partial charge is 0.313 e. The number of carbonyl (C=O) groups excluding carboxylic acids is 1. The fourth-order valence-electron chi connectivity index (χ4n) is 2.37. The van der Waals surface area contributed by atoms with E-state index in [0.29, 0.717) is 20.9 Å². The first-order chi connectivity index (χ1) is 10.5. The van der Waals surface area contributed by atoms with Gasteiger partial charge in [0, 0.05) is 18.1 Å². The molecule has 0 radical (unpaired) electrons. The summed E-state index contributed by atoms with van der Waals surface area (Å²) in [6.07, 6.45) is 0. The Labute approximate surface area is 138 Å². The number of rotatable bonds is 5. The van der Waals surface area contributed by atoms with E-state index in [4.69, 9.17) is 10.8 Å². The SMILES string of the molecule is NC1C(=O)N2CC(CSc3nnc(CO)s3)(C(=O)O)CS[C@H]12. The normalized spacial score (nSPS) is 30.8. The van der Waals surface area contributed by atoms with Crippen LogP contribution in [0.15, 0.2) is 4.34 Å². The van der Waals surface area contributed by atoms with Crippen molar-refractivity contribution in [2.75, 3.05) is 18.1 Å². The van der Waals surface area contributed by atoms with Crippen molar-refractivity contribution in [1.29, 1.82) is 0 Å². The Morgan fingerprint density at radius 2 is 2.32 bits per heavy atom. The molecule has 3 rings (SSSR count). The summed E-state index contributed by atoms with van der Waals surface area (Å²) in [7, 11) is 0. The Morgan fingerprint density at radius 3 is 2.95 bits per heavy atom. The number of aliphatic hydroxyl groups is 1. The highest BCUT2D eigenvalue weighted by Crippen LogP contribution is 2.44. The minimum atomic E-state index is -1.02. The Bertz CT molecular complexity index is 612. The van der Waals surface area contributed by atoms with Gasteiger partial charge in [0.05, 0.1) is 6.61 Å². The number of aliphatic hydroxyl groups excluding tert-OH is 1. The lowest BCUT2D eigenvalue weighted by Crippen LogP contribution is -2.72. The Morgan fingerprint density at radius 1 is 1.55 bits per heavy atom. The third-order valence-corrected chi connectivity index (χ3v) is 7.64. The van der Waals surface area contributed by atoms with Crippen molar-refractivity contribution in [2.45, 2.75) is 22.4 Å². The van der Waals surface area contributed by atoms with Crippen molar-refractivity contribution in [3.05, 3.63) is 5.01 Å². The van der Waals surface area contributed by atoms with Crippen LogP contribution in [0.25, 0.3) is 0 Å². The topological polar surface area (TPSA) is 130 Å². The molecule has 0 saturated carbocycles. The third kappa shape index (κ3) is 2.60. The minimum Gasteiger partial charge on any atom is -0.481 e. The number of aliphatic carboxylic acids is 1. The van der Waals surface area contributed by atoms with Gasteiger partial charge in [0.25, 0.3) is 0 Å². The van der Waals surface area contributed by atoms with E-state index < -0.39 is 17.4 Å². The summed E-state index contributed by atoms with van der Waals surface area (Å²) >= 11 is 3.95. The van der Waals surface area contributed by atoms with Crippen LogP contribution in [0.3, 0.4) is 0 Å². The Balaban J connectivity index is 1.70. The largest absolute Gasteiger partial charge is 0.481 e. The van der Waals surface area contributed by atoms with Gasteiger partial charge in [-0.3, -0.25) is 9.59 Å². The highest BCUT2D eigenvalue weighted by atomic mass is 32.2. The second-order valence-electron chi connectivity index (χ2n) is 5.19. The highest BCUT2D eigenvalue weighted by Gasteiger charge is 2.55. The fourth-order valence-corrected chi connectivity index (χ4v) is 5.93. The van der Waals surface area contributed by atoms with E-state index in [0.717, 1.165) is 0 Å². The number of hydrogen-bond donors (Lipinski definition) is 3. The molecule has 1 amide bonds. The predicted molar refractivity (Wildman–Crippen MR) is 82.6 cm³/mol. The number of carboxylic acid groups (broad SMARTS) is 1. The molecule has 2 aliphatic heterocycles. The van der Waals surface area contributed by atoms with Crippen LogP contribution >= 0.6 is 34.9 Å². The molecule has 3 heterocycles. The lowest BCUT2D eigenvalue weighted by molar-refractivity contribution is -0.155. The molecule has 2 fully saturated rings. The predicted octanol–water partition coefficient (Wildman–Crippen LogP) is -0.564. The number of carboxylic acids is 1. The van der Waals surface area contributed by atoms with Crippen LogP contribution in [0.2, 0.25) is 0 Å². The van der Waals surface area contributed by atoms with E-state index in [1.807, 2.05) is 0 Å². The van der Waals surface area contributed by atoms with Gasteiger partial charge in [-0.25, -0.2) is 0 Å². The van der Waals surface area contributed by atoms with Crippen LogP contribution in [0, 0.1) is 5.41 Å². The van der Waals surface area contributed by atoms with Crippen molar-refractivity contribution in [1.82, 2.24) is 15.1 Å². The fraction of sp³-hybridized carbons (Fsp3) is 0.636. The van der Waals surface area contributed by atoms with Gasteiger partial charge in [0.15, 0.2) is 4.34 Å². The lowest BCUT2D eigenvalue weighted by atomic mass is 9.89. The van der Waals surface area contributed by atoms with Crippen LogP contribution in [-0.2, 0) is 16.2 Å². The first kappa shape index (κ1) is 16.0.